The fourth-order valence-electron chi connectivity index (χ4n) is 1.34. The standard InChI is InChI=1S/C10H6Br2ClN/c1-5-2-6-9(12)7(11)4-14-10(6)8(13)3-5/h2-4H,1H3. The van der Waals surface area contributed by atoms with E-state index < -0.39 is 0 Å². The predicted molar refractivity (Wildman–Crippen MR) is 66.9 cm³/mol. The van der Waals surface area contributed by atoms with Crippen molar-refractivity contribution in [1.82, 2.24) is 4.98 Å². The van der Waals surface area contributed by atoms with Crippen LogP contribution in [-0.2, 0) is 0 Å². The summed E-state index contributed by atoms with van der Waals surface area (Å²) in [7, 11) is 0. The Kier molecular flexibility index (Phi) is 2.82. The van der Waals surface area contributed by atoms with E-state index in [4.69, 9.17) is 11.6 Å². The van der Waals surface area contributed by atoms with E-state index in [1.807, 2.05) is 13.0 Å². The zero-order valence-electron chi connectivity index (χ0n) is 7.31. The van der Waals surface area contributed by atoms with Crippen LogP contribution < -0.4 is 0 Å². The molecule has 2 rings (SSSR count). The number of hydrogen-bond acceptors (Lipinski definition) is 1. The molecule has 0 aliphatic carbocycles. The van der Waals surface area contributed by atoms with E-state index in [9.17, 15) is 0 Å². The van der Waals surface area contributed by atoms with Crippen molar-refractivity contribution < 1.29 is 0 Å². The van der Waals surface area contributed by atoms with Gasteiger partial charge in [-0.3, -0.25) is 4.98 Å². The van der Waals surface area contributed by atoms with Gasteiger partial charge in [0.15, 0.2) is 0 Å². The van der Waals surface area contributed by atoms with Gasteiger partial charge in [0.1, 0.15) is 0 Å². The van der Waals surface area contributed by atoms with E-state index in [1.54, 1.807) is 6.20 Å². The molecule has 0 atom stereocenters. The Labute approximate surface area is 104 Å². The van der Waals surface area contributed by atoms with E-state index in [2.05, 4.69) is 42.9 Å². The van der Waals surface area contributed by atoms with Gasteiger partial charge in [0.2, 0.25) is 0 Å². The molecule has 1 aromatic heterocycles. The summed E-state index contributed by atoms with van der Waals surface area (Å²) in [6, 6.07) is 3.97. The summed E-state index contributed by atoms with van der Waals surface area (Å²) < 4.78 is 1.93. The van der Waals surface area contributed by atoms with Gasteiger partial charge in [-0.05, 0) is 56.5 Å². The maximum Gasteiger partial charge on any atom is 0.0900 e. The molecule has 0 saturated heterocycles. The number of halogens is 3. The first kappa shape index (κ1) is 10.4. The fourth-order valence-corrected chi connectivity index (χ4v) is 2.38. The lowest BCUT2D eigenvalue weighted by molar-refractivity contribution is 1.36. The number of benzene rings is 1. The first-order valence-electron chi connectivity index (χ1n) is 3.99. The molecule has 14 heavy (non-hydrogen) atoms. The van der Waals surface area contributed by atoms with Gasteiger partial charge in [-0.1, -0.05) is 11.6 Å². The SMILES string of the molecule is Cc1cc(Cl)c2ncc(Br)c(Br)c2c1. The summed E-state index contributed by atoms with van der Waals surface area (Å²) in [6.45, 7) is 2.01. The second-order valence-electron chi connectivity index (χ2n) is 3.06. The van der Waals surface area contributed by atoms with E-state index in [0.717, 1.165) is 25.4 Å². The van der Waals surface area contributed by atoms with E-state index in [-0.39, 0.29) is 0 Å². The number of aryl methyl sites for hydroxylation is 1. The van der Waals surface area contributed by atoms with Gasteiger partial charge < -0.3 is 0 Å². The van der Waals surface area contributed by atoms with Gasteiger partial charge in [-0.2, -0.15) is 0 Å². The quantitative estimate of drug-likeness (QED) is 0.679. The van der Waals surface area contributed by atoms with Crippen molar-refractivity contribution in [3.63, 3.8) is 0 Å². The van der Waals surface area contributed by atoms with E-state index in [1.165, 1.54) is 0 Å². The maximum atomic E-state index is 6.09. The van der Waals surface area contributed by atoms with Gasteiger partial charge in [-0.15, -0.1) is 0 Å². The summed E-state index contributed by atoms with van der Waals surface area (Å²) in [5.41, 5.74) is 1.95. The normalized spacial score (nSPS) is 10.9. The lowest BCUT2D eigenvalue weighted by Crippen LogP contribution is -1.84. The Morgan fingerprint density at radius 2 is 2.00 bits per heavy atom. The third-order valence-electron chi connectivity index (χ3n) is 1.96. The third-order valence-corrected chi connectivity index (χ3v) is 4.24. The molecule has 0 N–H and O–H groups in total. The number of pyridine rings is 1. The van der Waals surface area contributed by atoms with Crippen LogP contribution in [-0.4, -0.2) is 4.98 Å². The van der Waals surface area contributed by atoms with Crippen LogP contribution in [0.1, 0.15) is 5.56 Å². The molecule has 0 spiro atoms. The molecule has 0 fully saturated rings. The minimum atomic E-state index is 0.688. The van der Waals surface area contributed by atoms with Crippen LogP contribution in [0.4, 0.5) is 0 Å². The average molecular weight is 335 g/mol. The van der Waals surface area contributed by atoms with Crippen LogP contribution in [0.5, 0.6) is 0 Å². The molecule has 72 valence electrons. The van der Waals surface area contributed by atoms with Crippen LogP contribution in [0.15, 0.2) is 27.3 Å². The maximum absolute atomic E-state index is 6.09. The monoisotopic (exact) mass is 333 g/mol. The molecule has 0 bridgehead atoms. The number of nitrogens with zero attached hydrogens (tertiary/aromatic N) is 1. The summed E-state index contributed by atoms with van der Waals surface area (Å²) in [5.74, 6) is 0. The minimum absolute atomic E-state index is 0.688. The van der Waals surface area contributed by atoms with Crippen molar-refractivity contribution in [1.29, 1.82) is 0 Å². The molecular weight excluding hydrogens is 329 g/mol. The number of hydrogen-bond donors (Lipinski definition) is 0. The summed E-state index contributed by atoms with van der Waals surface area (Å²) in [6.07, 6.45) is 1.74. The van der Waals surface area contributed by atoms with Crippen LogP contribution in [0.2, 0.25) is 5.02 Å². The van der Waals surface area contributed by atoms with Crippen molar-refractivity contribution in [2.24, 2.45) is 0 Å². The second-order valence-corrected chi connectivity index (χ2v) is 5.12. The Bertz CT molecular complexity index is 511. The number of aromatic nitrogens is 1. The van der Waals surface area contributed by atoms with Crippen LogP contribution in [0.25, 0.3) is 10.9 Å². The Morgan fingerprint density at radius 3 is 2.71 bits per heavy atom. The van der Waals surface area contributed by atoms with Crippen molar-refractivity contribution in [2.45, 2.75) is 6.92 Å². The van der Waals surface area contributed by atoms with E-state index >= 15 is 0 Å². The molecule has 0 aliphatic rings. The van der Waals surface area contributed by atoms with Gasteiger partial charge in [-0.25, -0.2) is 0 Å². The Balaban J connectivity index is 2.95. The van der Waals surface area contributed by atoms with Crippen molar-refractivity contribution >= 4 is 54.4 Å². The molecule has 1 heterocycles. The van der Waals surface area contributed by atoms with Gasteiger partial charge in [0, 0.05) is 16.1 Å². The van der Waals surface area contributed by atoms with Crippen molar-refractivity contribution in [3.8, 4) is 0 Å². The molecule has 0 radical (unpaired) electrons. The molecule has 0 amide bonds. The van der Waals surface area contributed by atoms with Gasteiger partial charge >= 0.3 is 0 Å². The molecule has 0 aliphatic heterocycles. The van der Waals surface area contributed by atoms with Crippen molar-refractivity contribution in [2.75, 3.05) is 0 Å². The van der Waals surface area contributed by atoms with Crippen molar-refractivity contribution in [3.05, 3.63) is 37.9 Å². The van der Waals surface area contributed by atoms with Crippen LogP contribution in [0.3, 0.4) is 0 Å². The van der Waals surface area contributed by atoms with Crippen LogP contribution >= 0.6 is 43.5 Å². The second kappa shape index (κ2) is 3.80. The zero-order valence-corrected chi connectivity index (χ0v) is 11.2. The fraction of sp³-hybridized carbons (Fsp3) is 0.100. The third kappa shape index (κ3) is 1.69. The first-order chi connectivity index (χ1) is 6.59. The summed E-state index contributed by atoms with van der Waals surface area (Å²) >= 11 is 13.0. The largest absolute Gasteiger partial charge is 0.253 e. The highest BCUT2D eigenvalue weighted by molar-refractivity contribution is 9.13. The molecular formula is C10H6Br2ClN. The van der Waals surface area contributed by atoms with Gasteiger partial charge in [0.05, 0.1) is 15.0 Å². The molecule has 0 saturated carbocycles. The Morgan fingerprint density at radius 1 is 1.29 bits per heavy atom. The smallest absolute Gasteiger partial charge is 0.0900 e. The molecule has 0 unspecified atom stereocenters. The predicted octanol–water partition coefficient (Wildman–Crippen LogP) is 4.72. The summed E-state index contributed by atoms with van der Waals surface area (Å²) in [4.78, 5) is 4.27. The highest BCUT2D eigenvalue weighted by atomic mass is 79.9. The highest BCUT2D eigenvalue weighted by Crippen LogP contribution is 2.33. The highest BCUT2D eigenvalue weighted by Gasteiger charge is 2.07. The average Bonchev–Trinajstić information content (AvgIpc) is 2.12. The molecule has 4 heteroatoms. The van der Waals surface area contributed by atoms with Crippen LogP contribution in [0, 0.1) is 6.92 Å². The molecule has 2 aromatic rings. The topological polar surface area (TPSA) is 12.9 Å². The molecule has 1 nitrogen and oxygen atoms in total. The lowest BCUT2D eigenvalue weighted by Gasteiger charge is -2.05. The van der Waals surface area contributed by atoms with Gasteiger partial charge in [0.25, 0.3) is 0 Å². The first-order valence-corrected chi connectivity index (χ1v) is 5.96. The minimum Gasteiger partial charge on any atom is -0.253 e. The number of fused-ring (bicyclic) bond motifs is 1. The zero-order chi connectivity index (χ0) is 10.3. The summed E-state index contributed by atoms with van der Waals surface area (Å²) in [5, 5.41) is 1.72. The Hall–Kier alpha value is -0.120. The number of rotatable bonds is 0. The lowest BCUT2D eigenvalue weighted by atomic mass is 10.1. The van der Waals surface area contributed by atoms with E-state index in [0.29, 0.717) is 5.02 Å². The molecule has 1 aromatic carbocycles.